The van der Waals surface area contributed by atoms with Crippen molar-refractivity contribution >= 4 is 0 Å². The first-order valence-corrected chi connectivity index (χ1v) is 8.85. The minimum Gasteiger partial charge on any atom is -0.381 e. The summed E-state index contributed by atoms with van der Waals surface area (Å²) in [6.45, 7) is 12.8. The molecule has 2 rings (SSSR count). The Bertz CT molecular complexity index is 297. The van der Waals surface area contributed by atoms with Crippen LogP contribution in [0, 0.1) is 11.8 Å². The van der Waals surface area contributed by atoms with Crippen LogP contribution in [0.1, 0.15) is 66.2 Å². The normalized spacial score (nSPS) is 32.3. The molecule has 0 radical (unpaired) electrons. The molecule has 0 spiro atoms. The zero-order valence-electron chi connectivity index (χ0n) is 14.5. The van der Waals surface area contributed by atoms with E-state index in [9.17, 15) is 0 Å². The van der Waals surface area contributed by atoms with Crippen LogP contribution >= 0.6 is 0 Å². The van der Waals surface area contributed by atoms with E-state index in [0.29, 0.717) is 5.92 Å². The highest BCUT2D eigenvalue weighted by atomic mass is 16.5. The van der Waals surface area contributed by atoms with Gasteiger partial charge in [0.15, 0.2) is 0 Å². The fourth-order valence-corrected chi connectivity index (χ4v) is 3.29. The van der Waals surface area contributed by atoms with Crippen molar-refractivity contribution in [2.45, 2.75) is 77.4 Å². The van der Waals surface area contributed by atoms with Crippen LogP contribution in [-0.2, 0) is 9.47 Å². The molecule has 1 aliphatic heterocycles. The van der Waals surface area contributed by atoms with Crippen LogP contribution in [0.4, 0.5) is 0 Å². The number of hydrogen-bond acceptors (Lipinski definition) is 3. The first-order valence-electron chi connectivity index (χ1n) is 8.85. The average Bonchev–Trinajstić information content (AvgIpc) is 2.46. The van der Waals surface area contributed by atoms with Gasteiger partial charge in [-0.1, -0.05) is 6.92 Å². The molecule has 3 nitrogen and oxygen atoms in total. The molecule has 0 aromatic carbocycles. The molecule has 0 bridgehead atoms. The molecule has 21 heavy (non-hydrogen) atoms. The van der Waals surface area contributed by atoms with Gasteiger partial charge in [-0.05, 0) is 71.1 Å². The Hall–Kier alpha value is -0.120. The van der Waals surface area contributed by atoms with Crippen LogP contribution in [0.15, 0.2) is 0 Å². The summed E-state index contributed by atoms with van der Waals surface area (Å²) < 4.78 is 12.0. The average molecular weight is 297 g/mol. The van der Waals surface area contributed by atoms with Gasteiger partial charge in [0.2, 0.25) is 0 Å². The molecule has 1 saturated heterocycles. The monoisotopic (exact) mass is 297 g/mol. The maximum absolute atomic E-state index is 6.54. The highest BCUT2D eigenvalue weighted by Crippen LogP contribution is 2.35. The van der Waals surface area contributed by atoms with Gasteiger partial charge in [0.1, 0.15) is 0 Å². The smallest absolute Gasteiger partial charge is 0.0806 e. The molecule has 0 aromatic rings. The Balaban J connectivity index is 1.88. The van der Waals surface area contributed by atoms with Crippen LogP contribution in [-0.4, -0.2) is 37.5 Å². The maximum atomic E-state index is 6.54. The van der Waals surface area contributed by atoms with Gasteiger partial charge in [0.05, 0.1) is 12.2 Å². The van der Waals surface area contributed by atoms with E-state index in [-0.39, 0.29) is 11.1 Å². The van der Waals surface area contributed by atoms with Gasteiger partial charge in [0.25, 0.3) is 0 Å². The minimum atomic E-state index is 0.0676. The largest absolute Gasteiger partial charge is 0.381 e. The van der Waals surface area contributed by atoms with Crippen molar-refractivity contribution in [3.05, 3.63) is 0 Å². The van der Waals surface area contributed by atoms with Crippen molar-refractivity contribution in [3.8, 4) is 0 Å². The first kappa shape index (κ1) is 17.2. The lowest BCUT2D eigenvalue weighted by atomic mass is 9.79. The standard InChI is InChI=1S/C18H35NO2/c1-15-5-9-18(10-6-15,14-19-17(2,3)4)21-13-16-7-11-20-12-8-16/h15-16,19H,5-14H2,1-4H3. The minimum absolute atomic E-state index is 0.0676. The summed E-state index contributed by atoms with van der Waals surface area (Å²) >= 11 is 0. The Morgan fingerprint density at radius 2 is 1.71 bits per heavy atom. The van der Waals surface area contributed by atoms with Crippen molar-refractivity contribution in [2.24, 2.45) is 11.8 Å². The van der Waals surface area contributed by atoms with E-state index in [4.69, 9.17) is 9.47 Å². The van der Waals surface area contributed by atoms with Crippen molar-refractivity contribution in [2.75, 3.05) is 26.4 Å². The molecule has 1 aliphatic carbocycles. The van der Waals surface area contributed by atoms with E-state index < -0.39 is 0 Å². The molecule has 2 fully saturated rings. The fraction of sp³-hybridized carbons (Fsp3) is 1.00. The summed E-state index contributed by atoms with van der Waals surface area (Å²) in [5.74, 6) is 1.56. The van der Waals surface area contributed by atoms with Crippen molar-refractivity contribution in [1.82, 2.24) is 5.32 Å². The zero-order valence-corrected chi connectivity index (χ0v) is 14.5. The van der Waals surface area contributed by atoms with Crippen LogP contribution in [0.3, 0.4) is 0 Å². The second kappa shape index (κ2) is 7.43. The molecule has 1 saturated carbocycles. The molecule has 1 heterocycles. The third-order valence-electron chi connectivity index (χ3n) is 5.09. The first-order chi connectivity index (χ1) is 9.89. The predicted octanol–water partition coefficient (Wildman–Crippen LogP) is 3.77. The topological polar surface area (TPSA) is 30.5 Å². The fourth-order valence-electron chi connectivity index (χ4n) is 3.29. The number of rotatable bonds is 5. The van der Waals surface area contributed by atoms with Crippen molar-refractivity contribution in [1.29, 1.82) is 0 Å². The second-order valence-electron chi connectivity index (χ2n) is 8.34. The number of ether oxygens (including phenoxy) is 2. The van der Waals surface area contributed by atoms with Crippen LogP contribution in [0.5, 0.6) is 0 Å². The molecule has 0 atom stereocenters. The number of hydrogen-bond donors (Lipinski definition) is 1. The molecule has 0 aromatic heterocycles. The zero-order chi connectivity index (χ0) is 15.3. The van der Waals surface area contributed by atoms with Crippen molar-refractivity contribution in [3.63, 3.8) is 0 Å². The van der Waals surface area contributed by atoms with Gasteiger partial charge in [-0.25, -0.2) is 0 Å². The Morgan fingerprint density at radius 1 is 1.10 bits per heavy atom. The molecule has 124 valence electrons. The van der Waals surface area contributed by atoms with E-state index in [1.807, 2.05) is 0 Å². The van der Waals surface area contributed by atoms with Gasteiger partial charge in [-0.15, -0.1) is 0 Å². The summed E-state index contributed by atoms with van der Waals surface area (Å²) in [4.78, 5) is 0. The lowest BCUT2D eigenvalue weighted by Crippen LogP contribution is -2.51. The Kier molecular flexibility index (Phi) is 6.10. The highest BCUT2D eigenvalue weighted by molar-refractivity contribution is 4.91. The number of nitrogens with one attached hydrogen (secondary N) is 1. The molecular formula is C18H35NO2. The van der Waals surface area contributed by atoms with Crippen LogP contribution in [0.25, 0.3) is 0 Å². The molecular weight excluding hydrogens is 262 g/mol. The van der Waals surface area contributed by atoms with Gasteiger partial charge >= 0.3 is 0 Å². The summed E-state index contributed by atoms with van der Waals surface area (Å²) in [6.07, 6.45) is 7.36. The lowest BCUT2D eigenvalue weighted by Gasteiger charge is -2.42. The van der Waals surface area contributed by atoms with Gasteiger partial charge in [-0.3, -0.25) is 0 Å². The quantitative estimate of drug-likeness (QED) is 0.838. The van der Waals surface area contributed by atoms with E-state index in [1.54, 1.807) is 0 Å². The van der Waals surface area contributed by atoms with Crippen LogP contribution in [0.2, 0.25) is 0 Å². The van der Waals surface area contributed by atoms with Gasteiger partial charge in [-0.2, -0.15) is 0 Å². The summed E-state index contributed by atoms with van der Waals surface area (Å²) in [5.41, 5.74) is 0.232. The Labute approximate surface area is 131 Å². The maximum Gasteiger partial charge on any atom is 0.0806 e. The van der Waals surface area contributed by atoms with Crippen molar-refractivity contribution < 1.29 is 9.47 Å². The summed E-state index contributed by atoms with van der Waals surface area (Å²) in [5, 5.41) is 3.69. The lowest BCUT2D eigenvalue weighted by molar-refractivity contribution is -0.100. The molecule has 2 aliphatic rings. The van der Waals surface area contributed by atoms with Crippen LogP contribution < -0.4 is 5.32 Å². The Morgan fingerprint density at radius 3 is 2.29 bits per heavy atom. The van der Waals surface area contributed by atoms with Gasteiger partial charge in [0, 0.05) is 25.3 Å². The van der Waals surface area contributed by atoms with E-state index in [0.717, 1.165) is 32.3 Å². The highest BCUT2D eigenvalue weighted by Gasteiger charge is 2.36. The third-order valence-corrected chi connectivity index (χ3v) is 5.09. The SMILES string of the molecule is CC1CCC(CNC(C)(C)C)(OCC2CCOCC2)CC1. The molecule has 0 unspecified atom stereocenters. The molecule has 0 amide bonds. The van der Waals surface area contributed by atoms with Gasteiger partial charge < -0.3 is 14.8 Å². The second-order valence-corrected chi connectivity index (χ2v) is 8.34. The summed E-state index contributed by atoms with van der Waals surface area (Å²) in [6, 6.07) is 0. The molecule has 3 heteroatoms. The predicted molar refractivity (Wildman–Crippen MR) is 87.6 cm³/mol. The summed E-state index contributed by atoms with van der Waals surface area (Å²) in [7, 11) is 0. The third kappa shape index (κ3) is 5.88. The van der Waals surface area contributed by atoms with E-state index in [1.165, 1.54) is 38.5 Å². The van der Waals surface area contributed by atoms with E-state index >= 15 is 0 Å². The molecule has 1 N–H and O–H groups in total. The van der Waals surface area contributed by atoms with E-state index in [2.05, 4.69) is 33.0 Å².